The number of nitrogen functional groups attached to an aromatic ring is 2. The summed E-state index contributed by atoms with van der Waals surface area (Å²) in [4.78, 5) is 0. The number of quaternary nitrogens is 1. The zero-order chi connectivity index (χ0) is 11.5. The van der Waals surface area contributed by atoms with Crippen molar-refractivity contribution in [1.29, 1.82) is 0 Å². The molecule has 0 saturated heterocycles. The van der Waals surface area contributed by atoms with Gasteiger partial charge in [-0.05, 0) is 18.2 Å². The van der Waals surface area contributed by atoms with Crippen molar-refractivity contribution in [3.05, 3.63) is 18.2 Å². The van der Waals surface area contributed by atoms with Gasteiger partial charge >= 0.3 is 0 Å². The van der Waals surface area contributed by atoms with Crippen LogP contribution in [0, 0.1) is 0 Å². The summed E-state index contributed by atoms with van der Waals surface area (Å²) in [6.07, 6.45) is 0. The largest absolute Gasteiger partial charge is 0.486 e. The smallest absolute Gasteiger partial charge is 0.142 e. The van der Waals surface area contributed by atoms with Crippen molar-refractivity contribution in [3.63, 3.8) is 0 Å². The van der Waals surface area contributed by atoms with Gasteiger partial charge in [-0.15, -0.1) is 0 Å². The maximum atomic E-state index is 5.76. The third-order valence-corrected chi connectivity index (χ3v) is 2.05. The lowest BCUT2D eigenvalue weighted by Crippen LogP contribution is -2.38. The fourth-order valence-electron chi connectivity index (χ4n) is 1.13. The Morgan fingerprint density at radius 2 is 1.87 bits per heavy atom. The Morgan fingerprint density at radius 3 is 2.40 bits per heavy atom. The van der Waals surface area contributed by atoms with E-state index in [1.54, 1.807) is 18.2 Å². The van der Waals surface area contributed by atoms with E-state index in [9.17, 15) is 0 Å². The van der Waals surface area contributed by atoms with E-state index in [1.807, 2.05) is 0 Å². The van der Waals surface area contributed by atoms with Gasteiger partial charge in [0.2, 0.25) is 0 Å². The zero-order valence-corrected chi connectivity index (χ0v) is 9.66. The Morgan fingerprint density at radius 1 is 1.20 bits per heavy atom. The molecule has 84 valence electrons. The molecule has 1 aromatic carbocycles. The van der Waals surface area contributed by atoms with Crippen molar-refractivity contribution >= 4 is 11.4 Å². The first-order chi connectivity index (χ1) is 6.88. The molecule has 0 spiro atoms. The van der Waals surface area contributed by atoms with E-state index in [4.69, 9.17) is 16.2 Å². The number of ether oxygens (including phenoxy) is 1. The summed E-state index contributed by atoms with van der Waals surface area (Å²) in [5.41, 5.74) is 12.6. The summed E-state index contributed by atoms with van der Waals surface area (Å²) >= 11 is 0. The van der Waals surface area contributed by atoms with Crippen LogP contribution < -0.4 is 16.2 Å². The summed E-state index contributed by atoms with van der Waals surface area (Å²) in [5.74, 6) is 0.706. The Kier molecular flexibility index (Phi) is 3.42. The molecule has 15 heavy (non-hydrogen) atoms. The molecule has 0 bridgehead atoms. The lowest BCUT2D eigenvalue weighted by molar-refractivity contribution is -0.870. The number of anilines is 2. The summed E-state index contributed by atoms with van der Waals surface area (Å²) in [6.45, 7) is 1.58. The molecular weight excluding hydrogens is 190 g/mol. The second kappa shape index (κ2) is 4.40. The average Bonchev–Trinajstić information content (AvgIpc) is 2.07. The summed E-state index contributed by atoms with van der Waals surface area (Å²) < 4.78 is 6.44. The topological polar surface area (TPSA) is 61.3 Å². The number of likely N-dealkylation sites (N-methyl/N-ethyl adjacent to an activating group) is 1. The Labute approximate surface area is 91.0 Å². The van der Waals surface area contributed by atoms with Crippen LogP contribution in [-0.2, 0) is 0 Å². The molecule has 0 aliphatic rings. The third-order valence-electron chi connectivity index (χ3n) is 2.05. The molecule has 0 aliphatic heterocycles. The average molecular weight is 210 g/mol. The van der Waals surface area contributed by atoms with Crippen LogP contribution in [0.5, 0.6) is 5.75 Å². The van der Waals surface area contributed by atoms with E-state index in [0.29, 0.717) is 23.7 Å². The lowest BCUT2D eigenvalue weighted by atomic mass is 10.2. The molecule has 1 aromatic rings. The molecule has 0 fully saturated rings. The van der Waals surface area contributed by atoms with E-state index in [1.165, 1.54) is 0 Å². The first-order valence-electron chi connectivity index (χ1n) is 4.97. The molecule has 0 amide bonds. The Hall–Kier alpha value is -1.42. The molecular formula is C11H20N3O+. The third kappa shape index (κ3) is 4.08. The minimum Gasteiger partial charge on any atom is -0.486 e. The molecule has 0 aliphatic carbocycles. The van der Waals surface area contributed by atoms with Crippen LogP contribution in [-0.4, -0.2) is 38.8 Å². The monoisotopic (exact) mass is 210 g/mol. The number of nitrogens with two attached hydrogens (primary N) is 2. The van der Waals surface area contributed by atoms with E-state index in [-0.39, 0.29) is 0 Å². The predicted molar refractivity (Wildman–Crippen MR) is 63.7 cm³/mol. The molecule has 0 aromatic heterocycles. The van der Waals surface area contributed by atoms with Crippen LogP contribution in [0.15, 0.2) is 18.2 Å². The highest BCUT2D eigenvalue weighted by Gasteiger charge is 2.07. The number of benzene rings is 1. The molecule has 0 radical (unpaired) electrons. The van der Waals surface area contributed by atoms with Crippen LogP contribution in [0.3, 0.4) is 0 Å². The zero-order valence-electron chi connectivity index (χ0n) is 9.66. The lowest BCUT2D eigenvalue weighted by Gasteiger charge is -2.23. The standard InChI is InChI=1S/C11H20N3O/c1-14(2,3)6-7-15-11-5-4-9(12)8-10(11)13/h4-5,8H,6-7,12-13H2,1-3H3/q+1. The van der Waals surface area contributed by atoms with Crippen molar-refractivity contribution in [2.24, 2.45) is 0 Å². The summed E-state index contributed by atoms with van der Waals surface area (Å²) in [7, 11) is 6.36. The quantitative estimate of drug-likeness (QED) is 0.574. The number of rotatable bonds is 4. The fourth-order valence-corrected chi connectivity index (χ4v) is 1.13. The molecule has 0 heterocycles. The van der Waals surface area contributed by atoms with Gasteiger partial charge in [-0.1, -0.05) is 0 Å². The maximum Gasteiger partial charge on any atom is 0.142 e. The van der Waals surface area contributed by atoms with Crippen LogP contribution in [0.1, 0.15) is 0 Å². The summed E-state index contributed by atoms with van der Waals surface area (Å²) in [5, 5.41) is 0. The van der Waals surface area contributed by atoms with E-state index < -0.39 is 0 Å². The molecule has 4 nitrogen and oxygen atoms in total. The number of hydrogen-bond acceptors (Lipinski definition) is 3. The van der Waals surface area contributed by atoms with Crippen LogP contribution in [0.2, 0.25) is 0 Å². The molecule has 0 atom stereocenters. The van der Waals surface area contributed by atoms with Gasteiger partial charge in [0, 0.05) is 5.69 Å². The van der Waals surface area contributed by atoms with Crippen molar-refractivity contribution in [1.82, 2.24) is 0 Å². The molecule has 4 N–H and O–H groups in total. The van der Waals surface area contributed by atoms with Crippen molar-refractivity contribution in [2.45, 2.75) is 0 Å². The Bertz CT molecular complexity index is 331. The highest BCUT2D eigenvalue weighted by Crippen LogP contribution is 2.23. The summed E-state index contributed by atoms with van der Waals surface area (Å²) in [6, 6.07) is 5.30. The van der Waals surface area contributed by atoms with Crippen LogP contribution in [0.4, 0.5) is 11.4 Å². The second-order valence-electron chi connectivity index (χ2n) is 4.66. The fraction of sp³-hybridized carbons (Fsp3) is 0.455. The first kappa shape index (κ1) is 11.7. The normalized spacial score (nSPS) is 11.4. The number of hydrogen-bond donors (Lipinski definition) is 2. The maximum absolute atomic E-state index is 5.76. The van der Waals surface area contributed by atoms with Crippen LogP contribution >= 0.6 is 0 Å². The van der Waals surface area contributed by atoms with E-state index >= 15 is 0 Å². The van der Waals surface area contributed by atoms with Gasteiger partial charge in [0.05, 0.1) is 26.8 Å². The molecule has 1 rings (SSSR count). The van der Waals surface area contributed by atoms with Gasteiger partial charge in [-0.3, -0.25) is 0 Å². The highest BCUT2D eigenvalue weighted by molar-refractivity contribution is 5.60. The van der Waals surface area contributed by atoms with Gasteiger partial charge in [-0.2, -0.15) is 0 Å². The van der Waals surface area contributed by atoms with Crippen molar-refractivity contribution in [3.8, 4) is 5.75 Å². The Balaban J connectivity index is 2.51. The molecule has 4 heteroatoms. The minimum atomic E-state index is 0.594. The molecule has 0 unspecified atom stereocenters. The van der Waals surface area contributed by atoms with Gasteiger partial charge in [0.25, 0.3) is 0 Å². The minimum absolute atomic E-state index is 0.594. The van der Waals surface area contributed by atoms with Gasteiger partial charge in [0.15, 0.2) is 0 Å². The van der Waals surface area contributed by atoms with Gasteiger partial charge in [0.1, 0.15) is 18.9 Å². The molecule has 0 saturated carbocycles. The highest BCUT2D eigenvalue weighted by atomic mass is 16.5. The number of nitrogens with zero attached hydrogens (tertiary/aromatic N) is 1. The first-order valence-corrected chi connectivity index (χ1v) is 4.97. The van der Waals surface area contributed by atoms with Gasteiger partial charge in [-0.25, -0.2) is 0 Å². The predicted octanol–water partition coefficient (Wildman–Crippen LogP) is 0.936. The van der Waals surface area contributed by atoms with E-state index in [0.717, 1.165) is 11.0 Å². The second-order valence-corrected chi connectivity index (χ2v) is 4.66. The SMILES string of the molecule is C[N+](C)(C)CCOc1ccc(N)cc1N. The van der Waals surface area contributed by atoms with Crippen LogP contribution in [0.25, 0.3) is 0 Å². The van der Waals surface area contributed by atoms with E-state index in [2.05, 4.69) is 21.1 Å². The van der Waals surface area contributed by atoms with Crippen molar-refractivity contribution in [2.75, 3.05) is 45.8 Å². The van der Waals surface area contributed by atoms with Gasteiger partial charge < -0.3 is 20.7 Å². The van der Waals surface area contributed by atoms with Crippen molar-refractivity contribution < 1.29 is 9.22 Å².